The van der Waals surface area contributed by atoms with Gasteiger partial charge in [0.05, 0.1) is 51.6 Å². The molecule has 0 spiro atoms. The number of ether oxygens (including phenoxy) is 4. The summed E-state index contributed by atoms with van der Waals surface area (Å²) in [5.41, 5.74) is 2.14. The second-order valence-electron chi connectivity index (χ2n) is 10.8. The maximum absolute atomic E-state index is 13.2. The molecule has 1 N–H and O–H groups in total. The van der Waals surface area contributed by atoms with Crippen molar-refractivity contribution in [3.8, 4) is 11.5 Å². The maximum atomic E-state index is 13.2. The Morgan fingerprint density at radius 3 is 2.62 bits per heavy atom. The van der Waals surface area contributed by atoms with E-state index in [9.17, 15) is 14.4 Å². The van der Waals surface area contributed by atoms with Crippen LogP contribution in [-0.4, -0.2) is 68.3 Å². The molecule has 1 aliphatic rings. The number of nitrogens with zero attached hydrogens (tertiary/aromatic N) is 2. The number of fused-ring (bicyclic) bond motifs is 1. The Morgan fingerprint density at radius 2 is 1.84 bits per heavy atom. The van der Waals surface area contributed by atoms with E-state index in [4.69, 9.17) is 23.4 Å². The average Bonchev–Trinajstić information content (AvgIpc) is 3.36. The largest absolute Gasteiger partial charge is 0.496 e. The van der Waals surface area contributed by atoms with Gasteiger partial charge in [0, 0.05) is 34.9 Å². The van der Waals surface area contributed by atoms with Crippen molar-refractivity contribution < 1.29 is 33.0 Å². The third-order valence-corrected chi connectivity index (χ3v) is 8.88. The van der Waals surface area contributed by atoms with Crippen molar-refractivity contribution in [2.45, 2.75) is 36.9 Å². The van der Waals surface area contributed by atoms with E-state index in [1.165, 1.54) is 11.7 Å². The van der Waals surface area contributed by atoms with Gasteiger partial charge in [-0.2, -0.15) is 0 Å². The van der Waals surface area contributed by atoms with Crippen molar-refractivity contribution in [3.05, 3.63) is 82.8 Å². The van der Waals surface area contributed by atoms with Crippen LogP contribution in [0.15, 0.2) is 80.8 Å². The molecule has 4 aromatic rings. The maximum Gasteiger partial charge on any atom is 0.420 e. The first-order valence-electron chi connectivity index (χ1n) is 14.6. The molecule has 1 aromatic heterocycles. The topological polar surface area (TPSA) is 121 Å². The minimum Gasteiger partial charge on any atom is -0.496 e. The summed E-state index contributed by atoms with van der Waals surface area (Å²) in [7, 11) is 2.92. The zero-order chi connectivity index (χ0) is 31.8. The number of benzene rings is 3. The van der Waals surface area contributed by atoms with E-state index in [1.807, 2.05) is 72.5 Å². The van der Waals surface area contributed by atoms with E-state index in [2.05, 4.69) is 5.32 Å². The summed E-state index contributed by atoms with van der Waals surface area (Å²) in [6.45, 7) is 4.18. The summed E-state index contributed by atoms with van der Waals surface area (Å²) in [5.74, 6) is 0.909. The van der Waals surface area contributed by atoms with Gasteiger partial charge in [-0.1, -0.05) is 18.2 Å². The Morgan fingerprint density at radius 1 is 1.04 bits per heavy atom. The Balaban J connectivity index is 1.18. The lowest BCUT2D eigenvalue weighted by Gasteiger charge is -2.45. The number of rotatable bonds is 14. The molecule has 0 radical (unpaired) electrons. The molecule has 45 heavy (non-hydrogen) atoms. The number of oxazole rings is 1. The Kier molecular flexibility index (Phi) is 10.5. The molecule has 5 rings (SSSR count). The second kappa shape index (κ2) is 14.7. The number of nitrogens with one attached hydrogen (secondary N) is 1. The van der Waals surface area contributed by atoms with Crippen LogP contribution >= 0.6 is 11.8 Å². The fourth-order valence-corrected chi connectivity index (χ4v) is 6.30. The number of amides is 1. The van der Waals surface area contributed by atoms with E-state index in [1.54, 1.807) is 24.9 Å². The van der Waals surface area contributed by atoms with Gasteiger partial charge in [0.15, 0.2) is 5.58 Å². The predicted octanol–water partition coefficient (Wildman–Crippen LogP) is 4.25. The molecule has 2 heterocycles. The number of aromatic nitrogens is 1. The molecule has 12 heteroatoms. The van der Waals surface area contributed by atoms with E-state index in [0.29, 0.717) is 49.0 Å². The van der Waals surface area contributed by atoms with Crippen molar-refractivity contribution in [3.63, 3.8) is 0 Å². The zero-order valence-corrected chi connectivity index (χ0v) is 26.4. The van der Waals surface area contributed by atoms with Gasteiger partial charge in [-0.05, 0) is 55.5 Å². The lowest BCUT2D eigenvalue weighted by atomic mass is 9.98. The normalized spacial score (nSPS) is 16.6. The highest BCUT2D eigenvalue weighted by atomic mass is 32.2. The first kappa shape index (κ1) is 32.1. The van der Waals surface area contributed by atoms with Crippen molar-refractivity contribution in [2.24, 2.45) is 0 Å². The van der Waals surface area contributed by atoms with Crippen LogP contribution in [0, 0.1) is 0 Å². The van der Waals surface area contributed by atoms with Gasteiger partial charge >= 0.3 is 11.7 Å². The molecule has 1 saturated heterocycles. The van der Waals surface area contributed by atoms with Crippen molar-refractivity contribution in [2.75, 3.05) is 51.2 Å². The van der Waals surface area contributed by atoms with Crippen molar-refractivity contribution >= 4 is 40.4 Å². The fourth-order valence-electron chi connectivity index (χ4n) is 5.23. The Hall–Kier alpha value is -4.26. The second-order valence-corrected chi connectivity index (χ2v) is 11.9. The smallest absolute Gasteiger partial charge is 0.420 e. The monoisotopic (exact) mass is 635 g/mol. The third-order valence-electron chi connectivity index (χ3n) is 7.52. The van der Waals surface area contributed by atoms with E-state index in [-0.39, 0.29) is 19.0 Å². The van der Waals surface area contributed by atoms with Gasteiger partial charge in [0.1, 0.15) is 18.0 Å². The number of thioether (sulfide) groups is 1. The SMILES string of the molecule is COC(=O)Cn1c(=O)oc2ccc(SC[C@]3(C)CNCC(=O)N3c3ccc(OCCCOCc4ccccc4OC)cc3)cc21. The molecule has 3 aromatic carbocycles. The fraction of sp³-hybridized carbons (Fsp3) is 0.364. The number of carbonyl (C=O) groups excluding carboxylic acids is 2. The summed E-state index contributed by atoms with van der Waals surface area (Å²) >= 11 is 1.55. The molecule has 1 fully saturated rings. The van der Waals surface area contributed by atoms with Gasteiger partial charge < -0.3 is 33.6 Å². The van der Waals surface area contributed by atoms with Crippen LogP contribution in [0.5, 0.6) is 11.5 Å². The Bertz CT molecular complexity index is 1690. The van der Waals surface area contributed by atoms with Gasteiger partial charge in [-0.15, -0.1) is 11.8 Å². The molecule has 0 bridgehead atoms. The van der Waals surface area contributed by atoms with Gasteiger partial charge in [0.25, 0.3) is 0 Å². The molecule has 1 atom stereocenters. The minimum absolute atomic E-state index is 0.0255. The lowest BCUT2D eigenvalue weighted by molar-refractivity contribution is -0.141. The highest BCUT2D eigenvalue weighted by Crippen LogP contribution is 2.34. The van der Waals surface area contributed by atoms with Gasteiger partial charge in [0.2, 0.25) is 5.91 Å². The molecule has 11 nitrogen and oxygen atoms in total. The number of para-hydroxylation sites is 1. The first-order chi connectivity index (χ1) is 21.8. The van der Waals surface area contributed by atoms with Crippen LogP contribution < -0.4 is 25.4 Å². The van der Waals surface area contributed by atoms with Gasteiger partial charge in [-0.3, -0.25) is 14.2 Å². The number of esters is 1. The number of hydrogen-bond acceptors (Lipinski definition) is 10. The van der Waals surface area contributed by atoms with Crippen LogP contribution in [0.25, 0.3) is 11.1 Å². The minimum atomic E-state index is -0.623. The van der Waals surface area contributed by atoms with Crippen LogP contribution in [0.1, 0.15) is 18.9 Å². The summed E-state index contributed by atoms with van der Waals surface area (Å²) in [6.07, 6.45) is 0.728. The van der Waals surface area contributed by atoms with E-state index >= 15 is 0 Å². The summed E-state index contributed by atoms with van der Waals surface area (Å²) in [4.78, 5) is 40.0. The van der Waals surface area contributed by atoms with Crippen molar-refractivity contribution in [1.29, 1.82) is 0 Å². The number of carbonyl (C=O) groups is 2. The van der Waals surface area contributed by atoms with Crippen LogP contribution in [-0.2, 0) is 32.2 Å². The summed E-state index contributed by atoms with van der Waals surface area (Å²) in [6, 6.07) is 20.7. The van der Waals surface area contributed by atoms with Crippen molar-refractivity contribution in [1.82, 2.24) is 9.88 Å². The molecule has 0 saturated carbocycles. The highest BCUT2D eigenvalue weighted by molar-refractivity contribution is 7.99. The van der Waals surface area contributed by atoms with Crippen LogP contribution in [0.4, 0.5) is 5.69 Å². The standard InChI is InChI=1S/C33H37N3O8S/c1-33(22-45-26-13-14-29-27(17-26)35(32(39)44-29)19-31(38)41-3)21-34-18-30(37)36(33)24-9-11-25(12-10-24)43-16-6-15-42-20-23-7-4-5-8-28(23)40-2/h4-5,7-14,17,34H,6,15-16,18-22H2,1-3H3/t33-/m0/s1. The predicted molar refractivity (Wildman–Crippen MR) is 171 cm³/mol. The number of methoxy groups -OCH3 is 2. The van der Waals surface area contributed by atoms with Gasteiger partial charge in [-0.25, -0.2) is 4.79 Å². The molecule has 1 aliphatic heterocycles. The molecule has 1 amide bonds. The van der Waals surface area contributed by atoms with E-state index in [0.717, 1.165) is 28.3 Å². The molecular weight excluding hydrogens is 598 g/mol. The summed E-state index contributed by atoms with van der Waals surface area (Å²) < 4.78 is 28.3. The molecule has 238 valence electrons. The van der Waals surface area contributed by atoms with E-state index < -0.39 is 17.3 Å². The first-order valence-corrected chi connectivity index (χ1v) is 15.6. The number of hydrogen-bond donors (Lipinski definition) is 1. The zero-order valence-electron chi connectivity index (χ0n) is 25.6. The summed E-state index contributed by atoms with van der Waals surface area (Å²) in [5, 5.41) is 3.24. The highest BCUT2D eigenvalue weighted by Gasteiger charge is 2.39. The Labute approximate surface area is 265 Å². The van der Waals surface area contributed by atoms with Crippen LogP contribution in [0.2, 0.25) is 0 Å². The molecular formula is C33H37N3O8S. The third kappa shape index (κ3) is 7.70. The molecule has 0 unspecified atom stereocenters. The molecule has 0 aliphatic carbocycles. The lowest BCUT2D eigenvalue weighted by Crippen LogP contribution is -2.64. The number of anilines is 1. The van der Waals surface area contributed by atoms with Crippen LogP contribution in [0.3, 0.4) is 0 Å². The average molecular weight is 636 g/mol. The quantitative estimate of drug-likeness (QED) is 0.122. The number of piperazine rings is 1.